The van der Waals surface area contributed by atoms with Gasteiger partial charge in [0.1, 0.15) is 5.84 Å². The molecule has 0 spiro atoms. The summed E-state index contributed by atoms with van der Waals surface area (Å²) in [7, 11) is 0. The van der Waals surface area contributed by atoms with Crippen molar-refractivity contribution in [3.8, 4) is 5.75 Å². The molecule has 1 aliphatic heterocycles. The standard InChI is InChI=1S/C53H82F4N6O15S/c1-3-14-63(15-8-13-61-53(67)59-4-2)52(66)40-36-45-44(62-46(58)37-40)38-41(79-45)9-6-5-7-12-60-47(64)10-16-68-18-20-70-22-24-72-26-28-74-30-32-76-34-35-77-33-31-75-29-27-73-25-23-71-21-19-69-17-11-48(65)78-51-49(56)42(54)39-43(55)50(51)57/h36,38-39H,3-35,37H2,1-2H3,(H2,58,62)(H,60,64)(H2,59,61,67). The van der Waals surface area contributed by atoms with Crippen molar-refractivity contribution in [2.24, 2.45) is 10.7 Å². The van der Waals surface area contributed by atoms with Crippen molar-refractivity contribution >= 4 is 52.8 Å². The first-order valence-electron chi connectivity index (χ1n) is 27.0. The van der Waals surface area contributed by atoms with E-state index >= 15 is 0 Å². The largest absolute Gasteiger partial charge is 0.420 e. The topological polar surface area (TPSA) is 248 Å². The number of halogens is 4. The van der Waals surface area contributed by atoms with Gasteiger partial charge in [-0.2, -0.15) is 8.78 Å². The van der Waals surface area contributed by atoms with E-state index in [0.717, 1.165) is 42.7 Å². The highest BCUT2D eigenvalue weighted by atomic mass is 32.1. The summed E-state index contributed by atoms with van der Waals surface area (Å²) in [6.45, 7) is 13.4. The van der Waals surface area contributed by atoms with Gasteiger partial charge in [-0.1, -0.05) is 13.3 Å². The number of nitrogens with two attached hydrogens (primary N) is 1. The monoisotopic (exact) mass is 1150 g/mol. The molecule has 2 heterocycles. The van der Waals surface area contributed by atoms with Crippen molar-refractivity contribution in [2.75, 3.05) is 165 Å². The van der Waals surface area contributed by atoms with Gasteiger partial charge in [-0.25, -0.2) is 18.6 Å². The van der Waals surface area contributed by atoms with Crippen molar-refractivity contribution in [3.05, 3.63) is 50.7 Å². The number of ether oxygens (including phenoxy) is 11. The minimum atomic E-state index is -1.80. The smallest absolute Gasteiger partial charge is 0.314 e. The quantitative estimate of drug-likeness (QED) is 0.0213. The number of thiophene rings is 1. The van der Waals surface area contributed by atoms with Crippen LogP contribution in [0.2, 0.25) is 0 Å². The number of hydrogen-bond acceptors (Lipinski definition) is 18. The summed E-state index contributed by atoms with van der Waals surface area (Å²) < 4.78 is 112. The molecule has 0 unspecified atom stereocenters. The zero-order valence-electron chi connectivity index (χ0n) is 45.8. The molecular weight excluding hydrogens is 1070 g/mol. The van der Waals surface area contributed by atoms with Gasteiger partial charge in [-0.15, -0.1) is 11.3 Å². The molecule has 0 saturated heterocycles. The van der Waals surface area contributed by atoms with Gasteiger partial charge in [-0.05, 0) is 51.2 Å². The number of benzene rings is 1. The van der Waals surface area contributed by atoms with Gasteiger partial charge in [0, 0.05) is 62.1 Å². The average molecular weight is 1150 g/mol. The number of nitrogens with zero attached hydrogens (tertiary/aromatic N) is 2. The third kappa shape index (κ3) is 31.6. The van der Waals surface area contributed by atoms with Crippen LogP contribution >= 0.6 is 11.3 Å². The highest BCUT2D eigenvalue weighted by Crippen LogP contribution is 2.35. The molecule has 0 fully saturated rings. The fourth-order valence-corrected chi connectivity index (χ4v) is 8.21. The molecule has 0 radical (unpaired) electrons. The summed E-state index contributed by atoms with van der Waals surface area (Å²) >= 11 is 1.63. The van der Waals surface area contributed by atoms with E-state index in [-0.39, 0.29) is 63.2 Å². The van der Waals surface area contributed by atoms with E-state index in [1.807, 2.05) is 24.8 Å². The highest BCUT2D eigenvalue weighted by molar-refractivity contribution is 7.13. The number of carbonyl (C=O) groups is 4. The van der Waals surface area contributed by atoms with Gasteiger partial charge in [0.25, 0.3) is 0 Å². The molecule has 1 aromatic heterocycles. The Balaban J connectivity index is 1.01. The molecule has 1 aliphatic rings. The third-order valence-electron chi connectivity index (χ3n) is 11.0. The van der Waals surface area contributed by atoms with E-state index in [1.54, 1.807) is 11.3 Å². The molecule has 0 bridgehead atoms. The van der Waals surface area contributed by atoms with Crippen LogP contribution in [0.4, 0.5) is 28.0 Å². The predicted molar refractivity (Wildman–Crippen MR) is 287 cm³/mol. The Labute approximate surface area is 464 Å². The fourth-order valence-electron chi connectivity index (χ4n) is 7.10. The van der Waals surface area contributed by atoms with Gasteiger partial charge in [0.2, 0.25) is 29.2 Å². The van der Waals surface area contributed by atoms with Crippen molar-refractivity contribution in [1.82, 2.24) is 20.9 Å². The summed E-state index contributed by atoms with van der Waals surface area (Å²) in [6.07, 6.45) is 7.16. The first kappa shape index (κ1) is 68.4. The number of fused-ring (bicyclic) bond motifs is 1. The maximum absolute atomic E-state index is 13.6. The first-order chi connectivity index (χ1) is 38.4. The number of amides is 4. The molecule has 3 rings (SSSR count). The summed E-state index contributed by atoms with van der Waals surface area (Å²) in [4.78, 5) is 57.8. The molecular formula is C53H82F4N6O15S. The Morgan fingerprint density at radius 2 is 1.08 bits per heavy atom. The molecule has 0 saturated carbocycles. The van der Waals surface area contributed by atoms with E-state index in [2.05, 4.69) is 31.7 Å². The highest BCUT2D eigenvalue weighted by Gasteiger charge is 2.24. The van der Waals surface area contributed by atoms with Gasteiger partial charge >= 0.3 is 12.0 Å². The Morgan fingerprint density at radius 1 is 0.595 bits per heavy atom. The van der Waals surface area contributed by atoms with E-state index in [1.165, 1.54) is 4.88 Å². The second kappa shape index (κ2) is 43.9. The van der Waals surface area contributed by atoms with Crippen LogP contribution in [-0.4, -0.2) is 199 Å². The van der Waals surface area contributed by atoms with Crippen molar-refractivity contribution in [1.29, 1.82) is 0 Å². The maximum atomic E-state index is 13.6. The maximum Gasteiger partial charge on any atom is 0.314 e. The Bertz CT molecular complexity index is 2080. The minimum absolute atomic E-state index is 0.0148. The summed E-state index contributed by atoms with van der Waals surface area (Å²) in [5, 5.41) is 8.47. The van der Waals surface area contributed by atoms with Crippen LogP contribution in [-0.2, 0) is 68.2 Å². The van der Waals surface area contributed by atoms with Gasteiger partial charge in [0.05, 0.1) is 149 Å². The lowest BCUT2D eigenvalue weighted by atomic mass is 10.1. The lowest BCUT2D eigenvalue weighted by Crippen LogP contribution is -2.39. The number of esters is 1. The van der Waals surface area contributed by atoms with Crippen LogP contribution < -0.4 is 26.4 Å². The molecule has 448 valence electrons. The molecule has 0 atom stereocenters. The Morgan fingerprint density at radius 3 is 1.57 bits per heavy atom. The molecule has 5 N–H and O–H groups in total. The Hall–Kier alpha value is -4.87. The minimum Gasteiger partial charge on any atom is -0.420 e. The van der Waals surface area contributed by atoms with Crippen LogP contribution in [0.25, 0.3) is 6.08 Å². The van der Waals surface area contributed by atoms with E-state index < -0.39 is 41.4 Å². The molecule has 4 amide bonds. The van der Waals surface area contributed by atoms with E-state index in [0.29, 0.717) is 156 Å². The second-order valence-electron chi connectivity index (χ2n) is 17.4. The summed E-state index contributed by atoms with van der Waals surface area (Å²) in [6, 6.07) is 1.85. The number of unbranched alkanes of at least 4 members (excludes halogenated alkanes) is 2. The number of aryl methyl sites for hydroxylation is 1. The number of aliphatic imine (C=N–C) groups is 1. The number of nitrogens with one attached hydrogen (secondary N) is 3. The van der Waals surface area contributed by atoms with Crippen LogP contribution in [0.3, 0.4) is 0 Å². The SMILES string of the molecule is CCCN(CCCNC(=O)NCC)C(=O)C1=Cc2sc(CCCCCNC(=O)CCOCCOCCOCCOCCOCCOCCOCCOCCOCCOCCC(=O)Oc3c(F)c(F)cc(F)c3F)cc2N=C(N)C1. The summed E-state index contributed by atoms with van der Waals surface area (Å²) in [5.41, 5.74) is 7.67. The number of hydrogen-bond donors (Lipinski definition) is 4. The fraction of sp³-hybridized carbons (Fsp3) is 0.679. The Kier molecular flexibility index (Phi) is 38.0. The van der Waals surface area contributed by atoms with E-state index in [4.69, 9.17) is 53.1 Å². The number of urea groups is 1. The predicted octanol–water partition coefficient (Wildman–Crippen LogP) is 5.41. The van der Waals surface area contributed by atoms with E-state index in [9.17, 15) is 36.7 Å². The molecule has 26 heteroatoms. The molecule has 1 aromatic carbocycles. The molecule has 0 aliphatic carbocycles. The van der Waals surface area contributed by atoms with Gasteiger partial charge < -0.3 is 78.7 Å². The lowest BCUT2D eigenvalue weighted by molar-refractivity contribution is -0.136. The number of rotatable bonds is 48. The second-order valence-corrected chi connectivity index (χ2v) is 18.6. The van der Waals surface area contributed by atoms with Crippen molar-refractivity contribution in [2.45, 2.75) is 71.6 Å². The summed E-state index contributed by atoms with van der Waals surface area (Å²) in [5.74, 6) is -9.23. The third-order valence-corrected chi connectivity index (χ3v) is 12.1. The lowest BCUT2D eigenvalue weighted by Gasteiger charge is -2.23. The zero-order chi connectivity index (χ0) is 57.1. The van der Waals surface area contributed by atoms with Gasteiger partial charge in [-0.3, -0.25) is 14.4 Å². The van der Waals surface area contributed by atoms with Crippen LogP contribution in [0.1, 0.15) is 75.0 Å². The van der Waals surface area contributed by atoms with Crippen LogP contribution in [0.5, 0.6) is 5.75 Å². The first-order valence-corrected chi connectivity index (χ1v) is 27.8. The normalized spacial score (nSPS) is 12.2. The molecule has 79 heavy (non-hydrogen) atoms. The molecule has 21 nitrogen and oxygen atoms in total. The number of carbonyl (C=O) groups excluding carboxylic acids is 4. The van der Waals surface area contributed by atoms with Crippen molar-refractivity contribution < 1.29 is 88.8 Å². The molecule has 2 aromatic rings. The van der Waals surface area contributed by atoms with Gasteiger partial charge in [0.15, 0.2) is 11.6 Å². The van der Waals surface area contributed by atoms with Crippen LogP contribution in [0, 0.1) is 23.3 Å². The van der Waals surface area contributed by atoms with Crippen LogP contribution in [0.15, 0.2) is 22.7 Å². The number of amidine groups is 1. The zero-order valence-corrected chi connectivity index (χ0v) is 46.6. The van der Waals surface area contributed by atoms with Crippen molar-refractivity contribution in [3.63, 3.8) is 0 Å². The average Bonchev–Trinajstić information content (AvgIpc) is 3.80.